The quantitative estimate of drug-likeness (QED) is 0.476. The monoisotopic (exact) mass is 250 g/mol. The lowest BCUT2D eigenvalue weighted by atomic mass is 10.1. The summed E-state index contributed by atoms with van der Waals surface area (Å²) >= 11 is 0. The second-order valence-corrected chi connectivity index (χ2v) is 3.75. The normalized spacial score (nSPS) is 10.0. The van der Waals surface area contributed by atoms with Gasteiger partial charge in [-0.2, -0.15) is 0 Å². The van der Waals surface area contributed by atoms with Crippen LogP contribution in [0.4, 0.5) is 10.5 Å². The smallest absolute Gasteiger partial charge is 0.352 e. The van der Waals surface area contributed by atoms with Gasteiger partial charge in [-0.15, -0.1) is 0 Å². The molecule has 0 saturated heterocycles. The number of urea groups is 1. The van der Waals surface area contributed by atoms with Crippen LogP contribution >= 0.6 is 0 Å². The summed E-state index contributed by atoms with van der Waals surface area (Å²) in [5.74, 6) is 11.1. The zero-order valence-electron chi connectivity index (χ0n) is 10.6. The predicted molar refractivity (Wildman–Crippen MR) is 71.3 cm³/mol. The molecule has 0 heterocycles. The number of hydrogen-bond donors (Lipinski definition) is 2. The van der Waals surface area contributed by atoms with Crippen molar-refractivity contribution in [2.75, 3.05) is 19.2 Å². The van der Waals surface area contributed by atoms with E-state index in [9.17, 15) is 4.79 Å². The van der Waals surface area contributed by atoms with E-state index in [2.05, 4.69) is 6.58 Å². The lowest BCUT2D eigenvalue weighted by Crippen LogP contribution is -2.49. The fourth-order valence-corrected chi connectivity index (χ4v) is 1.58. The van der Waals surface area contributed by atoms with Crippen molar-refractivity contribution in [1.82, 2.24) is 5.01 Å². The number of anilines is 1. The van der Waals surface area contributed by atoms with Crippen molar-refractivity contribution in [3.63, 3.8) is 0 Å². The molecule has 4 N–H and O–H groups in total. The predicted octanol–water partition coefficient (Wildman–Crippen LogP) is 1.08. The molecule has 18 heavy (non-hydrogen) atoms. The molecule has 0 aliphatic carbocycles. The second kappa shape index (κ2) is 6.15. The highest BCUT2D eigenvalue weighted by Crippen LogP contribution is 2.24. The maximum absolute atomic E-state index is 11.7. The van der Waals surface area contributed by atoms with Crippen LogP contribution in [0.3, 0.4) is 0 Å². The number of nitrogens with two attached hydrogens (primary N) is 2. The number of ether oxygens (including phenoxy) is 1. The van der Waals surface area contributed by atoms with Crippen molar-refractivity contribution < 1.29 is 9.53 Å². The van der Waals surface area contributed by atoms with Gasteiger partial charge in [0.05, 0.1) is 12.3 Å². The van der Waals surface area contributed by atoms with Crippen molar-refractivity contribution in [2.24, 2.45) is 11.7 Å². The Morgan fingerprint density at radius 3 is 2.67 bits per heavy atom. The van der Waals surface area contributed by atoms with Gasteiger partial charge in [-0.3, -0.25) is 5.01 Å². The van der Waals surface area contributed by atoms with E-state index < -0.39 is 6.03 Å². The number of amides is 2. The van der Waals surface area contributed by atoms with E-state index in [1.165, 1.54) is 7.05 Å². The van der Waals surface area contributed by atoms with Gasteiger partial charge in [-0.1, -0.05) is 24.8 Å². The maximum atomic E-state index is 11.7. The molecule has 0 fully saturated rings. The summed E-state index contributed by atoms with van der Waals surface area (Å²) in [6.07, 6.45) is 1.68. The van der Waals surface area contributed by atoms with Crippen LogP contribution in [-0.2, 0) is 11.3 Å². The third kappa shape index (κ3) is 2.86. The fraction of sp³-hybridized carbons (Fsp3) is 0.250. The van der Waals surface area contributed by atoms with E-state index in [0.717, 1.165) is 21.1 Å². The molecule has 0 radical (unpaired) electrons. The number of carbonyl (C=O) groups is 1. The van der Waals surface area contributed by atoms with Crippen LogP contribution in [0.25, 0.3) is 6.08 Å². The minimum Gasteiger partial charge on any atom is -0.380 e. The molecule has 0 spiro atoms. The first-order chi connectivity index (χ1) is 8.52. The average Bonchev–Trinajstić information content (AvgIpc) is 2.37. The van der Waals surface area contributed by atoms with Gasteiger partial charge < -0.3 is 4.74 Å². The van der Waals surface area contributed by atoms with E-state index in [1.54, 1.807) is 25.3 Å². The molecule has 1 aromatic rings. The number of carbonyl (C=O) groups excluding carboxylic acids is 1. The first kappa shape index (κ1) is 14.2. The molecular weight excluding hydrogens is 232 g/mol. The molecule has 6 heteroatoms. The molecule has 2 amide bonds. The average molecular weight is 250 g/mol. The summed E-state index contributed by atoms with van der Waals surface area (Å²) in [5.41, 5.74) is 2.18. The first-order valence-electron chi connectivity index (χ1n) is 5.33. The first-order valence-corrected chi connectivity index (χ1v) is 5.33. The Hall–Kier alpha value is -1.89. The molecule has 0 aliphatic heterocycles. The Morgan fingerprint density at radius 2 is 2.17 bits per heavy atom. The highest BCUT2D eigenvalue weighted by Gasteiger charge is 2.18. The number of hydrazine groups is 2. The molecule has 0 aromatic heterocycles. The number of nitrogens with zero attached hydrogens (tertiary/aromatic N) is 2. The molecule has 0 bridgehead atoms. The van der Waals surface area contributed by atoms with Gasteiger partial charge in [0.25, 0.3) is 0 Å². The third-order valence-corrected chi connectivity index (χ3v) is 2.46. The zero-order chi connectivity index (χ0) is 13.7. The van der Waals surface area contributed by atoms with Crippen molar-refractivity contribution in [3.05, 3.63) is 35.9 Å². The number of hydrogen-bond acceptors (Lipinski definition) is 4. The minimum absolute atomic E-state index is 0.326. The topological polar surface area (TPSA) is 84.8 Å². The lowest BCUT2D eigenvalue weighted by Gasteiger charge is -2.23. The molecule has 98 valence electrons. The van der Waals surface area contributed by atoms with Crippen LogP contribution in [0.5, 0.6) is 0 Å². The summed E-state index contributed by atoms with van der Waals surface area (Å²) in [6, 6.07) is 4.86. The summed E-state index contributed by atoms with van der Waals surface area (Å²) < 4.78 is 5.12. The Bertz CT molecular complexity index is 446. The van der Waals surface area contributed by atoms with Crippen molar-refractivity contribution in [1.29, 1.82) is 0 Å². The number of rotatable bonds is 4. The third-order valence-electron chi connectivity index (χ3n) is 2.46. The Morgan fingerprint density at radius 1 is 1.50 bits per heavy atom. The highest BCUT2D eigenvalue weighted by molar-refractivity contribution is 5.91. The van der Waals surface area contributed by atoms with Crippen LogP contribution in [0.1, 0.15) is 11.1 Å². The van der Waals surface area contributed by atoms with Crippen LogP contribution in [0.2, 0.25) is 0 Å². The molecular formula is C12H18N4O2. The van der Waals surface area contributed by atoms with Crippen molar-refractivity contribution in [2.45, 2.75) is 6.61 Å². The minimum atomic E-state index is -0.520. The number of benzene rings is 1. The van der Waals surface area contributed by atoms with Crippen LogP contribution < -0.4 is 16.7 Å². The largest absolute Gasteiger partial charge is 0.380 e. The van der Waals surface area contributed by atoms with Gasteiger partial charge in [0.2, 0.25) is 0 Å². The van der Waals surface area contributed by atoms with Gasteiger partial charge in [-0.25, -0.2) is 21.5 Å². The van der Waals surface area contributed by atoms with E-state index in [-0.39, 0.29) is 0 Å². The highest BCUT2D eigenvalue weighted by atomic mass is 16.5. The summed E-state index contributed by atoms with van der Waals surface area (Å²) in [6.45, 7) is 4.05. The Labute approximate surface area is 106 Å². The standard InChI is InChI=1S/C12H18N4O2/c1-4-9-6-5-7-11(10(9)8-18-3)16(14)12(17)15(2)13/h4-7H,1,8,13-14H2,2-3H3. The van der Waals surface area contributed by atoms with Gasteiger partial charge in [0.15, 0.2) is 0 Å². The van der Waals surface area contributed by atoms with E-state index in [1.807, 2.05) is 6.07 Å². The molecule has 0 saturated carbocycles. The van der Waals surface area contributed by atoms with E-state index in [4.69, 9.17) is 16.4 Å². The van der Waals surface area contributed by atoms with E-state index in [0.29, 0.717) is 12.3 Å². The lowest BCUT2D eigenvalue weighted by molar-refractivity contribution is 0.184. The SMILES string of the molecule is C=Cc1cccc(N(N)C(=O)N(C)N)c1COC. The Kier molecular flexibility index (Phi) is 4.85. The van der Waals surface area contributed by atoms with Crippen LogP contribution in [-0.4, -0.2) is 25.2 Å². The van der Waals surface area contributed by atoms with Crippen LogP contribution in [0.15, 0.2) is 24.8 Å². The van der Waals surface area contributed by atoms with Gasteiger partial charge in [0.1, 0.15) is 0 Å². The van der Waals surface area contributed by atoms with Gasteiger partial charge in [-0.05, 0) is 11.6 Å². The molecule has 6 nitrogen and oxygen atoms in total. The molecule has 0 aliphatic rings. The Balaban J connectivity index is 3.22. The van der Waals surface area contributed by atoms with Crippen molar-refractivity contribution in [3.8, 4) is 0 Å². The maximum Gasteiger partial charge on any atom is 0.352 e. The fourth-order valence-electron chi connectivity index (χ4n) is 1.58. The second-order valence-electron chi connectivity index (χ2n) is 3.75. The molecule has 1 rings (SSSR count). The number of methoxy groups -OCH3 is 1. The summed E-state index contributed by atoms with van der Waals surface area (Å²) in [4.78, 5) is 11.7. The van der Waals surface area contributed by atoms with Crippen LogP contribution in [0, 0.1) is 0 Å². The van der Waals surface area contributed by atoms with Gasteiger partial charge in [0, 0.05) is 19.7 Å². The van der Waals surface area contributed by atoms with E-state index >= 15 is 0 Å². The molecule has 0 atom stereocenters. The summed E-state index contributed by atoms with van der Waals surface area (Å²) in [7, 11) is 3.00. The zero-order valence-corrected chi connectivity index (χ0v) is 10.6. The molecule has 0 unspecified atom stereocenters. The van der Waals surface area contributed by atoms with Gasteiger partial charge >= 0.3 is 6.03 Å². The summed E-state index contributed by atoms with van der Waals surface area (Å²) in [5, 5.41) is 1.90. The molecule has 1 aromatic carbocycles. The van der Waals surface area contributed by atoms with Crippen molar-refractivity contribution >= 4 is 17.8 Å².